The van der Waals surface area contributed by atoms with Gasteiger partial charge in [-0.15, -0.1) is 0 Å². The Morgan fingerprint density at radius 1 is 1.40 bits per heavy atom. The number of rotatable bonds is 2. The van der Waals surface area contributed by atoms with E-state index in [1.165, 1.54) is 0 Å². The Kier molecular flexibility index (Phi) is 13.8. The van der Waals surface area contributed by atoms with E-state index in [1.54, 1.807) is 0 Å². The zero-order valence-corrected chi connectivity index (χ0v) is 5.91. The van der Waals surface area contributed by atoms with Crippen LogP contribution in [-0.4, -0.2) is 40.8 Å². The second kappa shape index (κ2) is 11.3. The van der Waals surface area contributed by atoms with E-state index in [4.69, 9.17) is 26.9 Å². The molecule has 0 rings (SSSR count). The van der Waals surface area contributed by atoms with Crippen molar-refractivity contribution < 1.29 is 24.9 Å². The van der Waals surface area contributed by atoms with Gasteiger partial charge in [0.2, 0.25) is 0 Å². The Labute approximate surface area is 62.8 Å². The van der Waals surface area contributed by atoms with Crippen molar-refractivity contribution in [3.8, 4) is 0 Å². The number of carbonyl (C=O) groups is 1. The molecule has 0 bridgehead atoms. The molecule has 0 aliphatic heterocycles. The Morgan fingerprint density at radius 3 is 1.80 bits per heavy atom. The van der Waals surface area contributed by atoms with E-state index in [0.717, 1.165) is 0 Å². The van der Waals surface area contributed by atoms with Gasteiger partial charge in [-0.2, -0.15) is 0 Å². The van der Waals surface area contributed by atoms with Crippen molar-refractivity contribution in [2.75, 3.05) is 19.3 Å². The molecule has 0 aromatic rings. The molecule has 10 heavy (non-hydrogen) atoms. The van der Waals surface area contributed by atoms with E-state index in [-0.39, 0.29) is 19.3 Å². The van der Waals surface area contributed by atoms with Gasteiger partial charge in [0, 0.05) is 0 Å². The highest BCUT2D eigenvalue weighted by Gasteiger charge is 1.87. The van der Waals surface area contributed by atoms with Crippen molar-refractivity contribution in [2.24, 2.45) is 0 Å². The summed E-state index contributed by atoms with van der Waals surface area (Å²) in [6.07, 6.45) is -1.34. The van der Waals surface area contributed by atoms with Gasteiger partial charge in [0.05, 0.1) is 13.2 Å². The third kappa shape index (κ3) is 25.9. The van der Waals surface area contributed by atoms with Crippen LogP contribution in [0.3, 0.4) is 0 Å². The summed E-state index contributed by atoms with van der Waals surface area (Å²) in [4.78, 5) is 9.29. The number of hydrogen-bond acceptors (Lipinski definition) is 4. The van der Waals surface area contributed by atoms with E-state index in [9.17, 15) is 4.79 Å². The molecule has 62 valence electrons. The van der Waals surface area contributed by atoms with Crippen LogP contribution in [0, 0.1) is 0 Å². The largest absolute Gasteiger partial charge is 0.506 e. The third-order valence-electron chi connectivity index (χ3n) is 0.278. The number of carboxylic acid groups (broad SMARTS) is 1. The minimum Gasteiger partial charge on any atom is -0.450 e. The molecule has 0 aliphatic rings. The molecule has 0 spiro atoms. The number of ether oxygens (including phenoxy) is 1. The van der Waals surface area contributed by atoms with Gasteiger partial charge in [-0.25, -0.2) is 4.79 Å². The van der Waals surface area contributed by atoms with Crippen LogP contribution in [0.4, 0.5) is 4.79 Å². The first-order valence-corrected chi connectivity index (χ1v) is 2.85. The number of halogens is 1. The lowest BCUT2D eigenvalue weighted by atomic mass is 10.8. The fourth-order valence-corrected chi connectivity index (χ4v) is 0.140. The molecular formula is C4H9ClO5. The lowest BCUT2D eigenvalue weighted by Crippen LogP contribution is -1.95. The minimum absolute atomic E-state index is 0.125. The predicted molar refractivity (Wildman–Crippen MR) is 34.0 cm³/mol. The first-order chi connectivity index (χ1) is 4.68. The number of hydrogen-bond donors (Lipinski definition) is 3. The van der Waals surface area contributed by atoms with Crippen LogP contribution in [0.15, 0.2) is 0 Å². The number of aliphatic hydroxyl groups is 2. The van der Waals surface area contributed by atoms with Gasteiger partial charge in [0.15, 0.2) is 6.07 Å². The van der Waals surface area contributed by atoms with Crippen molar-refractivity contribution in [2.45, 2.75) is 0 Å². The molecule has 0 aromatic heterocycles. The van der Waals surface area contributed by atoms with Gasteiger partial charge in [-0.3, -0.25) is 0 Å². The summed E-state index contributed by atoms with van der Waals surface area (Å²) in [6, 6.07) is -0.296. The molecule has 0 saturated carbocycles. The van der Waals surface area contributed by atoms with Gasteiger partial charge >= 0.3 is 6.16 Å². The van der Waals surface area contributed by atoms with Crippen LogP contribution in [0.5, 0.6) is 0 Å². The Hall–Kier alpha value is -0.520. The molecule has 5 nitrogen and oxygen atoms in total. The smallest absolute Gasteiger partial charge is 0.450 e. The summed E-state index contributed by atoms with van der Waals surface area (Å²) < 4.78 is 3.72. The van der Waals surface area contributed by atoms with Crippen molar-refractivity contribution in [3.63, 3.8) is 0 Å². The monoisotopic (exact) mass is 172 g/mol. The Bertz CT molecular complexity index is 74.0. The molecule has 0 amide bonds. The zero-order chi connectivity index (χ0) is 8.41. The summed E-state index contributed by atoms with van der Waals surface area (Å²) in [6.45, 7) is -0.250. The Morgan fingerprint density at radius 2 is 1.80 bits per heavy atom. The van der Waals surface area contributed by atoms with Crippen LogP contribution in [0.2, 0.25) is 0 Å². The molecule has 0 radical (unpaired) electrons. The fraction of sp³-hybridized carbons (Fsp3) is 0.750. The first-order valence-electron chi connectivity index (χ1n) is 2.32. The molecule has 0 atom stereocenters. The van der Waals surface area contributed by atoms with Crippen LogP contribution in [0.1, 0.15) is 0 Å². The standard InChI is InChI=1S/C2H3ClO3.C2H6O2/c3-1-6-2(4)5;3-1-2-4/h1H2,(H,4,5);3-4H,1-2H2. The topological polar surface area (TPSA) is 87.0 Å². The SMILES string of the molecule is O=C(O)OCCl.OCCO. The normalized spacial score (nSPS) is 7.50. The fourth-order valence-electron chi connectivity index (χ4n) is 0.0467. The predicted octanol–water partition coefficient (Wildman–Crippen LogP) is -0.152. The maximum atomic E-state index is 9.29. The molecule has 0 aliphatic carbocycles. The molecule has 0 unspecified atom stereocenters. The minimum atomic E-state index is -1.34. The van der Waals surface area contributed by atoms with E-state index < -0.39 is 6.16 Å². The van der Waals surface area contributed by atoms with E-state index >= 15 is 0 Å². The highest BCUT2D eigenvalue weighted by Crippen LogP contribution is 1.76. The second-order valence-corrected chi connectivity index (χ2v) is 1.18. The summed E-state index contributed by atoms with van der Waals surface area (Å²) in [5, 5.41) is 22.9. The first kappa shape index (κ1) is 12.2. The van der Waals surface area contributed by atoms with E-state index in [1.807, 2.05) is 0 Å². The van der Waals surface area contributed by atoms with E-state index in [2.05, 4.69) is 4.74 Å². The average Bonchev–Trinajstić information content (AvgIpc) is 1.89. The molecule has 6 heteroatoms. The summed E-state index contributed by atoms with van der Waals surface area (Å²) in [5.74, 6) is 0. The molecular weight excluding hydrogens is 163 g/mol. The lowest BCUT2D eigenvalue weighted by Gasteiger charge is -1.85. The molecule has 0 saturated heterocycles. The van der Waals surface area contributed by atoms with Crippen LogP contribution in [-0.2, 0) is 4.74 Å². The van der Waals surface area contributed by atoms with Crippen molar-refractivity contribution in [3.05, 3.63) is 0 Å². The molecule has 0 fully saturated rings. The van der Waals surface area contributed by atoms with Crippen LogP contribution < -0.4 is 0 Å². The highest BCUT2D eigenvalue weighted by molar-refractivity contribution is 6.17. The zero-order valence-electron chi connectivity index (χ0n) is 5.16. The number of alkyl halides is 1. The molecule has 0 heterocycles. The van der Waals surface area contributed by atoms with Gasteiger partial charge in [-0.05, 0) is 0 Å². The van der Waals surface area contributed by atoms with Crippen molar-refractivity contribution in [1.82, 2.24) is 0 Å². The highest BCUT2D eigenvalue weighted by atomic mass is 35.5. The van der Waals surface area contributed by atoms with Gasteiger partial charge in [0.25, 0.3) is 0 Å². The third-order valence-corrected chi connectivity index (χ3v) is 0.387. The van der Waals surface area contributed by atoms with Gasteiger partial charge in [0.1, 0.15) is 0 Å². The average molecular weight is 173 g/mol. The lowest BCUT2D eigenvalue weighted by molar-refractivity contribution is 0.107. The van der Waals surface area contributed by atoms with E-state index in [0.29, 0.717) is 0 Å². The van der Waals surface area contributed by atoms with Crippen molar-refractivity contribution >= 4 is 17.8 Å². The molecule has 3 N–H and O–H groups in total. The quantitative estimate of drug-likeness (QED) is 0.398. The van der Waals surface area contributed by atoms with Crippen LogP contribution in [0.25, 0.3) is 0 Å². The maximum absolute atomic E-state index is 9.29. The Balaban J connectivity index is 0. The van der Waals surface area contributed by atoms with Crippen molar-refractivity contribution in [1.29, 1.82) is 0 Å². The number of aliphatic hydroxyl groups excluding tert-OH is 2. The second-order valence-electron chi connectivity index (χ2n) is 0.967. The summed E-state index contributed by atoms with van der Waals surface area (Å²) in [7, 11) is 0. The van der Waals surface area contributed by atoms with Gasteiger partial charge < -0.3 is 20.1 Å². The summed E-state index contributed by atoms with van der Waals surface area (Å²) in [5.41, 5.74) is 0. The van der Waals surface area contributed by atoms with Crippen LogP contribution >= 0.6 is 11.6 Å². The molecule has 0 aromatic carbocycles. The summed E-state index contributed by atoms with van der Waals surface area (Å²) >= 11 is 4.79. The van der Waals surface area contributed by atoms with Gasteiger partial charge in [-0.1, -0.05) is 11.6 Å². The maximum Gasteiger partial charge on any atom is 0.506 e.